The lowest BCUT2D eigenvalue weighted by molar-refractivity contribution is 0.0885. The smallest absolute Gasteiger partial charge is 0.0466 e. The molecule has 21 heavy (non-hydrogen) atoms. The summed E-state index contributed by atoms with van der Waals surface area (Å²) in [7, 11) is 0. The predicted molar refractivity (Wildman–Crippen MR) is 85.8 cm³/mol. The van der Waals surface area contributed by atoms with Crippen LogP contribution in [0.25, 0.3) is 0 Å². The highest BCUT2D eigenvalue weighted by molar-refractivity contribution is 4.42. The molecular weight excluding hydrogens is 272 g/mol. The average Bonchev–Trinajstić information content (AvgIpc) is 2.47. The van der Waals surface area contributed by atoms with Gasteiger partial charge in [-0.15, -0.1) is 0 Å². The Balaban J connectivity index is 0. The molecule has 0 saturated heterocycles. The minimum atomic E-state index is 0. The molecular formula is C16H36O5. The van der Waals surface area contributed by atoms with E-state index in [-0.39, 0.29) is 12.1 Å². The maximum Gasteiger partial charge on any atom is 0.0466 e. The van der Waals surface area contributed by atoms with E-state index < -0.39 is 0 Å². The van der Waals surface area contributed by atoms with Crippen molar-refractivity contribution in [1.29, 1.82) is 0 Å². The minimum absolute atomic E-state index is 0. The van der Waals surface area contributed by atoms with E-state index in [4.69, 9.17) is 19.3 Å². The third-order valence-electron chi connectivity index (χ3n) is 2.99. The first-order chi connectivity index (χ1) is 9.91. The fourth-order valence-corrected chi connectivity index (χ4v) is 1.69. The fourth-order valence-electron chi connectivity index (χ4n) is 1.69. The molecule has 0 radical (unpaired) electrons. The van der Waals surface area contributed by atoms with Gasteiger partial charge in [0.2, 0.25) is 0 Å². The second-order valence-electron chi connectivity index (χ2n) is 5.04. The molecule has 0 saturated carbocycles. The summed E-state index contributed by atoms with van der Waals surface area (Å²) in [6, 6.07) is 0. The Kier molecular flexibility index (Phi) is 24.3. The maximum absolute atomic E-state index is 8.60. The molecule has 3 N–H and O–H groups in total. The molecule has 0 unspecified atom stereocenters. The Morgan fingerprint density at radius 2 is 0.905 bits per heavy atom. The first kappa shape index (κ1) is 23.1. The summed E-state index contributed by atoms with van der Waals surface area (Å²) in [5.74, 6) is 0. The Morgan fingerprint density at radius 3 is 1.24 bits per heavy atom. The van der Waals surface area contributed by atoms with Crippen LogP contribution in [0.4, 0.5) is 0 Å². The molecule has 0 atom stereocenters. The summed E-state index contributed by atoms with van der Waals surface area (Å²) in [5.41, 5.74) is 0. The van der Waals surface area contributed by atoms with Crippen molar-refractivity contribution < 1.29 is 24.8 Å². The van der Waals surface area contributed by atoms with Gasteiger partial charge in [-0.25, -0.2) is 0 Å². The van der Waals surface area contributed by atoms with E-state index in [9.17, 15) is 0 Å². The van der Waals surface area contributed by atoms with Crippen molar-refractivity contribution in [1.82, 2.24) is 0 Å². The molecule has 130 valence electrons. The zero-order valence-corrected chi connectivity index (χ0v) is 13.8. The van der Waals surface area contributed by atoms with E-state index in [1.165, 1.54) is 12.8 Å². The van der Waals surface area contributed by atoms with Crippen LogP contribution in [0.3, 0.4) is 0 Å². The summed E-state index contributed by atoms with van der Waals surface area (Å²) >= 11 is 0. The lowest BCUT2D eigenvalue weighted by atomic mass is 10.3. The number of ether oxygens (including phenoxy) is 3. The number of hydrogen-bond donors (Lipinski definition) is 1. The summed E-state index contributed by atoms with van der Waals surface area (Å²) in [5, 5.41) is 8.60. The van der Waals surface area contributed by atoms with Gasteiger partial charge in [-0.2, -0.15) is 0 Å². The summed E-state index contributed by atoms with van der Waals surface area (Å²) in [4.78, 5) is 0. The number of aliphatic hydroxyl groups excluding tert-OH is 1. The molecule has 0 heterocycles. The molecule has 5 nitrogen and oxygen atoms in total. The van der Waals surface area contributed by atoms with Crippen LogP contribution >= 0.6 is 0 Å². The Labute approximate surface area is 130 Å². The lowest BCUT2D eigenvalue weighted by Gasteiger charge is -2.06. The second kappa shape index (κ2) is 22.1. The Bertz CT molecular complexity index is 149. The lowest BCUT2D eigenvalue weighted by Crippen LogP contribution is -2.03. The zero-order valence-electron chi connectivity index (χ0n) is 13.8. The van der Waals surface area contributed by atoms with Crippen molar-refractivity contribution in [2.45, 2.75) is 58.3 Å². The van der Waals surface area contributed by atoms with Gasteiger partial charge in [0.25, 0.3) is 0 Å². The van der Waals surface area contributed by atoms with Gasteiger partial charge in [0.05, 0.1) is 0 Å². The molecule has 0 amide bonds. The van der Waals surface area contributed by atoms with Gasteiger partial charge < -0.3 is 24.8 Å². The molecule has 0 aromatic rings. The third kappa shape index (κ3) is 22.2. The number of rotatable bonds is 17. The Hall–Kier alpha value is -0.200. The Morgan fingerprint density at radius 1 is 0.571 bits per heavy atom. The van der Waals surface area contributed by atoms with Gasteiger partial charge in [-0.3, -0.25) is 0 Å². The quantitative estimate of drug-likeness (QED) is 0.418. The molecule has 0 aromatic carbocycles. The van der Waals surface area contributed by atoms with Crippen LogP contribution < -0.4 is 0 Å². The molecule has 0 aromatic heterocycles. The van der Waals surface area contributed by atoms with Gasteiger partial charge in [-0.1, -0.05) is 13.3 Å². The van der Waals surface area contributed by atoms with Gasteiger partial charge in [0.15, 0.2) is 0 Å². The summed E-state index contributed by atoms with van der Waals surface area (Å²) in [6.45, 7) is 7.45. The standard InChI is InChI=1S/C16H34O4.H2O/c1-2-3-11-18-13-6-7-15-20-16-9-8-14-19-12-5-4-10-17;/h17H,2-16H2,1H3;1H2. The van der Waals surface area contributed by atoms with Crippen LogP contribution in [0, 0.1) is 0 Å². The highest BCUT2D eigenvalue weighted by Crippen LogP contribution is 1.97. The molecule has 0 aliphatic heterocycles. The van der Waals surface area contributed by atoms with E-state index >= 15 is 0 Å². The van der Waals surface area contributed by atoms with Crippen molar-refractivity contribution >= 4 is 0 Å². The van der Waals surface area contributed by atoms with Crippen molar-refractivity contribution in [2.24, 2.45) is 0 Å². The highest BCUT2D eigenvalue weighted by atomic mass is 16.5. The van der Waals surface area contributed by atoms with Gasteiger partial charge >= 0.3 is 0 Å². The van der Waals surface area contributed by atoms with Crippen LogP contribution in [0.15, 0.2) is 0 Å². The predicted octanol–water partition coefficient (Wildman–Crippen LogP) is 2.34. The van der Waals surface area contributed by atoms with E-state index in [1.54, 1.807) is 0 Å². The van der Waals surface area contributed by atoms with Crippen LogP contribution in [0.1, 0.15) is 58.3 Å². The topological polar surface area (TPSA) is 79.4 Å². The third-order valence-corrected chi connectivity index (χ3v) is 2.99. The molecule has 0 fully saturated rings. The zero-order chi connectivity index (χ0) is 14.7. The summed E-state index contributed by atoms with van der Waals surface area (Å²) in [6.07, 6.45) is 8.46. The van der Waals surface area contributed by atoms with Crippen molar-refractivity contribution in [3.05, 3.63) is 0 Å². The van der Waals surface area contributed by atoms with Crippen LogP contribution in [0.5, 0.6) is 0 Å². The van der Waals surface area contributed by atoms with E-state index in [0.717, 1.165) is 78.2 Å². The van der Waals surface area contributed by atoms with Crippen LogP contribution in [0.2, 0.25) is 0 Å². The molecule has 0 aliphatic carbocycles. The number of unbranched alkanes of at least 4 members (excludes halogenated alkanes) is 4. The molecule has 0 aliphatic rings. The molecule has 5 heteroatoms. The maximum atomic E-state index is 8.60. The van der Waals surface area contributed by atoms with Crippen molar-refractivity contribution in [3.8, 4) is 0 Å². The van der Waals surface area contributed by atoms with Crippen molar-refractivity contribution in [2.75, 3.05) is 46.2 Å². The van der Waals surface area contributed by atoms with Gasteiger partial charge in [-0.05, 0) is 44.9 Å². The number of hydrogen-bond acceptors (Lipinski definition) is 4. The molecule has 0 bridgehead atoms. The monoisotopic (exact) mass is 308 g/mol. The summed E-state index contributed by atoms with van der Waals surface area (Å²) < 4.78 is 16.5. The minimum Gasteiger partial charge on any atom is -0.412 e. The largest absolute Gasteiger partial charge is 0.412 e. The van der Waals surface area contributed by atoms with E-state index in [1.807, 2.05) is 0 Å². The van der Waals surface area contributed by atoms with Crippen LogP contribution in [-0.4, -0.2) is 56.8 Å². The van der Waals surface area contributed by atoms with Crippen molar-refractivity contribution in [3.63, 3.8) is 0 Å². The van der Waals surface area contributed by atoms with E-state index in [2.05, 4.69) is 6.92 Å². The average molecular weight is 308 g/mol. The van der Waals surface area contributed by atoms with E-state index in [0.29, 0.717) is 0 Å². The molecule has 0 spiro atoms. The SMILES string of the molecule is CCCCOCCCCOCCCCOCCCCO.O. The highest BCUT2D eigenvalue weighted by Gasteiger charge is 1.93. The number of aliphatic hydroxyl groups is 1. The molecule has 0 rings (SSSR count). The second-order valence-corrected chi connectivity index (χ2v) is 5.04. The fraction of sp³-hybridized carbons (Fsp3) is 1.00. The normalized spacial score (nSPS) is 10.6. The van der Waals surface area contributed by atoms with Gasteiger partial charge in [0, 0.05) is 46.2 Å². The van der Waals surface area contributed by atoms with Crippen LogP contribution in [-0.2, 0) is 14.2 Å². The first-order valence-electron chi connectivity index (χ1n) is 8.26. The first-order valence-corrected chi connectivity index (χ1v) is 8.26. The van der Waals surface area contributed by atoms with Gasteiger partial charge in [0.1, 0.15) is 0 Å².